The minimum Gasteiger partial charge on any atom is -0.354 e. The Hall–Kier alpha value is -1.58. The molecule has 2 aromatic rings. The summed E-state index contributed by atoms with van der Waals surface area (Å²) in [5.74, 6) is 1.89. The van der Waals surface area contributed by atoms with Crippen molar-refractivity contribution in [3.05, 3.63) is 36.2 Å². The number of nitrogens with zero attached hydrogens (tertiary/aromatic N) is 6. The molecule has 0 aliphatic rings. The molecule has 0 aromatic carbocycles. The van der Waals surface area contributed by atoms with Crippen LogP contribution in [0.4, 0.5) is 0 Å². The van der Waals surface area contributed by atoms with Gasteiger partial charge in [0.15, 0.2) is 5.96 Å². The zero-order valence-electron chi connectivity index (χ0n) is 14.2. The third-order valence-electron chi connectivity index (χ3n) is 3.67. The van der Waals surface area contributed by atoms with Crippen molar-refractivity contribution in [1.82, 2.24) is 29.5 Å². The van der Waals surface area contributed by atoms with Crippen LogP contribution in [0.15, 0.2) is 29.6 Å². The summed E-state index contributed by atoms with van der Waals surface area (Å²) < 4.78 is 4.19. The quantitative estimate of drug-likeness (QED) is 0.428. The number of hydrogen-bond acceptors (Lipinski definition) is 3. The molecule has 0 radical (unpaired) electrons. The molecule has 0 aliphatic heterocycles. The van der Waals surface area contributed by atoms with Crippen LogP contribution in [0.1, 0.15) is 18.4 Å². The van der Waals surface area contributed by atoms with Gasteiger partial charge >= 0.3 is 0 Å². The normalized spacial score (nSPS) is 11.2. The molecule has 0 saturated carbocycles. The van der Waals surface area contributed by atoms with Gasteiger partial charge in [0.05, 0.1) is 6.54 Å². The minimum absolute atomic E-state index is 0. The van der Waals surface area contributed by atoms with Crippen molar-refractivity contribution in [3.8, 4) is 0 Å². The highest BCUT2D eigenvalue weighted by Crippen LogP contribution is 2.03. The fourth-order valence-corrected chi connectivity index (χ4v) is 2.39. The van der Waals surface area contributed by atoms with Crippen LogP contribution >= 0.6 is 24.0 Å². The Morgan fingerprint density at radius 1 is 1.43 bits per heavy atom. The molecule has 7 nitrogen and oxygen atoms in total. The number of hydrogen-bond donors (Lipinski definition) is 1. The van der Waals surface area contributed by atoms with Gasteiger partial charge < -0.3 is 19.4 Å². The van der Waals surface area contributed by atoms with Crippen LogP contribution in [0, 0.1) is 0 Å². The number of rotatable bonds is 6. The van der Waals surface area contributed by atoms with Crippen LogP contribution in [-0.4, -0.2) is 50.8 Å². The molecule has 128 valence electrons. The number of aromatic nitrogens is 4. The Morgan fingerprint density at radius 2 is 2.22 bits per heavy atom. The van der Waals surface area contributed by atoms with Crippen LogP contribution in [0.2, 0.25) is 0 Å². The Bertz CT molecular complexity index is 617. The van der Waals surface area contributed by atoms with E-state index < -0.39 is 0 Å². The van der Waals surface area contributed by atoms with Gasteiger partial charge in [0.1, 0.15) is 12.2 Å². The lowest BCUT2D eigenvalue weighted by atomic mass is 10.4. The molecule has 0 atom stereocenters. The maximum atomic E-state index is 4.34. The average Bonchev–Trinajstić information content (AvgIpc) is 3.13. The molecule has 0 amide bonds. The number of aryl methyl sites for hydroxylation is 2. The van der Waals surface area contributed by atoms with E-state index in [-0.39, 0.29) is 24.0 Å². The van der Waals surface area contributed by atoms with Gasteiger partial charge in [-0.1, -0.05) is 6.92 Å². The summed E-state index contributed by atoms with van der Waals surface area (Å²) in [5.41, 5.74) is 1.25. The van der Waals surface area contributed by atoms with E-state index in [4.69, 9.17) is 0 Å². The van der Waals surface area contributed by atoms with E-state index in [1.165, 1.54) is 5.69 Å². The van der Waals surface area contributed by atoms with Crippen molar-refractivity contribution in [2.45, 2.75) is 26.4 Å². The summed E-state index contributed by atoms with van der Waals surface area (Å²) in [5, 5.41) is 11.4. The monoisotopic (exact) mass is 431 g/mol. The van der Waals surface area contributed by atoms with Crippen molar-refractivity contribution in [3.63, 3.8) is 0 Å². The first-order valence-corrected chi connectivity index (χ1v) is 7.54. The van der Waals surface area contributed by atoms with Crippen molar-refractivity contribution in [1.29, 1.82) is 0 Å². The lowest BCUT2D eigenvalue weighted by Gasteiger charge is -2.22. The van der Waals surface area contributed by atoms with Gasteiger partial charge in [-0.25, -0.2) is 0 Å². The zero-order chi connectivity index (χ0) is 15.9. The number of nitrogens with one attached hydrogen (secondary N) is 1. The minimum atomic E-state index is 0. The first kappa shape index (κ1) is 19.5. The summed E-state index contributed by atoms with van der Waals surface area (Å²) in [7, 11) is 5.90. The van der Waals surface area contributed by atoms with Gasteiger partial charge in [-0.15, -0.1) is 34.2 Å². The van der Waals surface area contributed by atoms with E-state index in [0.29, 0.717) is 0 Å². The highest BCUT2D eigenvalue weighted by molar-refractivity contribution is 14.0. The van der Waals surface area contributed by atoms with Crippen molar-refractivity contribution < 1.29 is 0 Å². The van der Waals surface area contributed by atoms with Crippen molar-refractivity contribution >= 4 is 29.9 Å². The maximum absolute atomic E-state index is 4.34. The van der Waals surface area contributed by atoms with Gasteiger partial charge in [0.2, 0.25) is 0 Å². The van der Waals surface area contributed by atoms with Gasteiger partial charge in [0, 0.05) is 52.5 Å². The number of guanidine groups is 1. The Labute approximate surface area is 154 Å². The second-order valence-electron chi connectivity index (χ2n) is 5.23. The molecular formula is C15H26IN7. The third kappa shape index (κ3) is 5.22. The van der Waals surface area contributed by atoms with E-state index in [1.807, 2.05) is 7.05 Å². The van der Waals surface area contributed by atoms with E-state index in [2.05, 4.69) is 66.8 Å². The Balaban J connectivity index is 0.00000264. The van der Waals surface area contributed by atoms with Crippen LogP contribution in [0.25, 0.3) is 0 Å². The van der Waals surface area contributed by atoms with Gasteiger partial charge in [-0.3, -0.25) is 4.99 Å². The van der Waals surface area contributed by atoms with E-state index in [0.717, 1.165) is 37.8 Å². The molecular weight excluding hydrogens is 405 g/mol. The second kappa shape index (κ2) is 9.53. The predicted octanol–water partition coefficient (Wildman–Crippen LogP) is 1.50. The molecule has 2 aromatic heterocycles. The van der Waals surface area contributed by atoms with Crippen LogP contribution in [-0.2, 0) is 26.6 Å². The fourth-order valence-electron chi connectivity index (χ4n) is 2.39. The summed E-state index contributed by atoms with van der Waals surface area (Å²) in [6.07, 6.45) is 4.72. The van der Waals surface area contributed by atoms with Crippen LogP contribution in [0.5, 0.6) is 0 Å². The molecule has 0 saturated heterocycles. The first-order valence-electron chi connectivity index (χ1n) is 7.54. The van der Waals surface area contributed by atoms with Crippen LogP contribution in [0.3, 0.4) is 0 Å². The molecule has 0 unspecified atom stereocenters. The maximum Gasteiger partial charge on any atom is 0.193 e. The molecule has 0 spiro atoms. The van der Waals surface area contributed by atoms with Gasteiger partial charge in [0.25, 0.3) is 0 Å². The molecule has 2 rings (SSSR count). The zero-order valence-corrected chi connectivity index (χ0v) is 16.6. The molecule has 8 heteroatoms. The molecule has 23 heavy (non-hydrogen) atoms. The smallest absolute Gasteiger partial charge is 0.193 e. The largest absolute Gasteiger partial charge is 0.354 e. The topological polar surface area (TPSA) is 63.3 Å². The lowest BCUT2D eigenvalue weighted by Crippen LogP contribution is -2.40. The summed E-state index contributed by atoms with van der Waals surface area (Å²) in [6.45, 7) is 4.51. The average molecular weight is 431 g/mol. The highest BCUT2D eigenvalue weighted by Gasteiger charge is 2.08. The highest BCUT2D eigenvalue weighted by atomic mass is 127. The summed E-state index contributed by atoms with van der Waals surface area (Å²) >= 11 is 0. The number of halogens is 1. The Morgan fingerprint density at radius 3 is 2.83 bits per heavy atom. The van der Waals surface area contributed by atoms with E-state index >= 15 is 0 Å². The molecule has 2 heterocycles. The molecule has 0 aliphatic carbocycles. The predicted molar refractivity (Wildman–Crippen MR) is 103 cm³/mol. The summed E-state index contributed by atoms with van der Waals surface area (Å²) in [6, 6.07) is 4.17. The van der Waals surface area contributed by atoms with Crippen molar-refractivity contribution in [2.75, 3.05) is 20.6 Å². The SMILES string of the molecule is CCc1nncn1CCNC(=NC)N(C)Cc1cccn1C.I. The second-order valence-corrected chi connectivity index (χ2v) is 5.23. The molecule has 0 fully saturated rings. The summed E-state index contributed by atoms with van der Waals surface area (Å²) in [4.78, 5) is 6.45. The third-order valence-corrected chi connectivity index (χ3v) is 3.67. The van der Waals surface area contributed by atoms with E-state index in [1.54, 1.807) is 13.4 Å². The number of aliphatic imine (C=N–C) groups is 1. The van der Waals surface area contributed by atoms with Crippen LogP contribution < -0.4 is 5.32 Å². The van der Waals surface area contributed by atoms with Gasteiger partial charge in [-0.05, 0) is 12.1 Å². The molecule has 1 N–H and O–H groups in total. The lowest BCUT2D eigenvalue weighted by molar-refractivity contribution is 0.458. The van der Waals surface area contributed by atoms with Crippen molar-refractivity contribution in [2.24, 2.45) is 12.0 Å². The fraction of sp³-hybridized carbons (Fsp3) is 0.533. The van der Waals surface area contributed by atoms with E-state index in [9.17, 15) is 0 Å². The molecule has 0 bridgehead atoms. The Kier molecular flexibility index (Phi) is 8.07. The van der Waals surface area contributed by atoms with Gasteiger partial charge in [-0.2, -0.15) is 0 Å². The first-order chi connectivity index (χ1) is 10.7. The standard InChI is InChI=1S/C15H25N7.HI/c1-5-14-19-18-12-22(14)10-8-17-15(16-2)21(4)11-13-7-6-9-20(13)3;/h6-7,9,12H,5,8,10-11H2,1-4H3,(H,16,17);1H.